The highest BCUT2D eigenvalue weighted by molar-refractivity contribution is 5.99. The standard InChI is InChI=1S/C29H18F3N7O2/c1-2-16-7-5-9-21-22(16)27(41)38(14-18-6-3-4-8-20(18)29(30,31)32)28(36-21)39-26-23(25(33)34-15-35-26)24(37-39)17-10-12-19(40)13-11-17/h1,3-13,15,40H,14H2,(H2,33,34,35). The van der Waals surface area contributed by atoms with Gasteiger partial charge in [0.15, 0.2) is 5.65 Å². The van der Waals surface area contributed by atoms with Crippen molar-refractivity contribution < 1.29 is 18.3 Å². The van der Waals surface area contributed by atoms with Crippen LogP contribution in [0.2, 0.25) is 0 Å². The van der Waals surface area contributed by atoms with Gasteiger partial charge in [0, 0.05) is 11.1 Å². The van der Waals surface area contributed by atoms with Crippen molar-refractivity contribution in [1.29, 1.82) is 0 Å². The number of aromatic hydroxyl groups is 1. The number of nitrogens with zero attached hydrogens (tertiary/aromatic N) is 6. The molecule has 6 rings (SSSR count). The number of nitrogen functional groups attached to an aromatic ring is 1. The summed E-state index contributed by atoms with van der Waals surface area (Å²) in [6, 6.07) is 15.8. The fourth-order valence-corrected chi connectivity index (χ4v) is 4.72. The maximum absolute atomic E-state index is 14.0. The molecular weight excluding hydrogens is 535 g/mol. The van der Waals surface area contributed by atoms with Crippen LogP contribution in [0.5, 0.6) is 5.75 Å². The highest BCUT2D eigenvalue weighted by atomic mass is 19.4. The minimum absolute atomic E-state index is 0.0272. The minimum atomic E-state index is -4.67. The Morgan fingerprint density at radius 3 is 2.46 bits per heavy atom. The van der Waals surface area contributed by atoms with Crippen molar-refractivity contribution in [3.8, 4) is 35.3 Å². The number of halogens is 3. The highest BCUT2D eigenvalue weighted by Gasteiger charge is 2.33. The Kier molecular flexibility index (Phi) is 5.92. The Hall–Kier alpha value is -5.70. The lowest BCUT2D eigenvalue weighted by Crippen LogP contribution is -2.28. The molecule has 0 saturated heterocycles. The van der Waals surface area contributed by atoms with E-state index >= 15 is 0 Å². The number of aromatic nitrogens is 6. The predicted molar refractivity (Wildman–Crippen MR) is 146 cm³/mol. The van der Waals surface area contributed by atoms with E-state index in [2.05, 4.69) is 26.0 Å². The van der Waals surface area contributed by atoms with Crippen molar-refractivity contribution in [2.75, 3.05) is 5.73 Å². The quantitative estimate of drug-likeness (QED) is 0.308. The van der Waals surface area contributed by atoms with E-state index in [4.69, 9.17) is 12.2 Å². The van der Waals surface area contributed by atoms with Gasteiger partial charge in [-0.15, -0.1) is 6.42 Å². The van der Waals surface area contributed by atoms with E-state index in [-0.39, 0.29) is 45.2 Å². The van der Waals surface area contributed by atoms with Gasteiger partial charge in [0.1, 0.15) is 23.6 Å². The number of hydrogen-bond donors (Lipinski definition) is 2. The third-order valence-electron chi connectivity index (χ3n) is 6.59. The van der Waals surface area contributed by atoms with Crippen molar-refractivity contribution in [2.24, 2.45) is 0 Å². The van der Waals surface area contributed by atoms with Gasteiger partial charge in [0.05, 0.1) is 28.4 Å². The molecule has 0 bridgehead atoms. The fraction of sp³-hybridized carbons (Fsp3) is 0.0690. The van der Waals surface area contributed by atoms with Crippen LogP contribution in [-0.2, 0) is 12.7 Å². The number of benzene rings is 3. The van der Waals surface area contributed by atoms with Crippen LogP contribution in [0.3, 0.4) is 0 Å². The second-order valence-electron chi connectivity index (χ2n) is 9.07. The molecule has 3 aromatic heterocycles. The molecule has 0 amide bonds. The van der Waals surface area contributed by atoms with Gasteiger partial charge in [0.2, 0.25) is 5.95 Å². The van der Waals surface area contributed by atoms with E-state index in [1.54, 1.807) is 30.3 Å². The van der Waals surface area contributed by atoms with Gasteiger partial charge in [-0.05, 0) is 48.0 Å². The molecule has 6 aromatic rings. The Morgan fingerprint density at radius 2 is 1.73 bits per heavy atom. The molecule has 0 atom stereocenters. The van der Waals surface area contributed by atoms with Crippen LogP contribution >= 0.6 is 0 Å². The number of phenolic OH excluding ortho intramolecular Hbond substituents is 1. The van der Waals surface area contributed by atoms with Gasteiger partial charge in [-0.2, -0.15) is 23.0 Å². The average Bonchev–Trinajstić information content (AvgIpc) is 3.35. The number of fused-ring (bicyclic) bond motifs is 2. The van der Waals surface area contributed by atoms with Crippen LogP contribution in [0.1, 0.15) is 16.7 Å². The molecule has 41 heavy (non-hydrogen) atoms. The van der Waals surface area contributed by atoms with E-state index in [1.807, 2.05) is 0 Å². The summed E-state index contributed by atoms with van der Waals surface area (Å²) in [4.78, 5) is 27.0. The van der Waals surface area contributed by atoms with Gasteiger partial charge >= 0.3 is 6.18 Å². The Morgan fingerprint density at radius 1 is 0.976 bits per heavy atom. The largest absolute Gasteiger partial charge is 0.508 e. The summed E-state index contributed by atoms with van der Waals surface area (Å²) in [5.74, 6) is 2.45. The number of hydrogen-bond acceptors (Lipinski definition) is 7. The number of nitrogens with two attached hydrogens (primary N) is 1. The molecule has 3 heterocycles. The Labute approximate surface area is 229 Å². The van der Waals surface area contributed by atoms with Gasteiger partial charge in [-0.25, -0.2) is 15.0 Å². The van der Waals surface area contributed by atoms with Crippen LogP contribution in [0.4, 0.5) is 19.0 Å². The number of phenols is 1. The molecule has 9 nitrogen and oxygen atoms in total. The van der Waals surface area contributed by atoms with Crippen molar-refractivity contribution in [3.63, 3.8) is 0 Å². The number of anilines is 1. The van der Waals surface area contributed by atoms with E-state index in [0.29, 0.717) is 16.6 Å². The first-order valence-electron chi connectivity index (χ1n) is 12.1. The van der Waals surface area contributed by atoms with Crippen LogP contribution in [0.25, 0.3) is 39.1 Å². The molecule has 3 N–H and O–H groups in total. The summed E-state index contributed by atoms with van der Waals surface area (Å²) in [7, 11) is 0. The lowest BCUT2D eigenvalue weighted by molar-refractivity contribution is -0.138. The lowest BCUT2D eigenvalue weighted by Gasteiger charge is -2.17. The summed E-state index contributed by atoms with van der Waals surface area (Å²) < 4.78 is 44.1. The van der Waals surface area contributed by atoms with Crippen LogP contribution in [-0.4, -0.2) is 34.4 Å². The van der Waals surface area contributed by atoms with E-state index < -0.39 is 23.8 Å². The van der Waals surface area contributed by atoms with Crippen LogP contribution in [0.15, 0.2) is 77.9 Å². The van der Waals surface area contributed by atoms with Gasteiger partial charge in [-0.3, -0.25) is 9.36 Å². The summed E-state index contributed by atoms with van der Waals surface area (Å²) in [5.41, 5.74) is 5.98. The smallest absolute Gasteiger partial charge is 0.416 e. The summed E-state index contributed by atoms with van der Waals surface area (Å²) in [6.07, 6.45) is 2.18. The van der Waals surface area contributed by atoms with Crippen LogP contribution in [0, 0.1) is 12.3 Å². The molecule has 0 radical (unpaired) electrons. The third-order valence-corrected chi connectivity index (χ3v) is 6.59. The molecule has 12 heteroatoms. The summed E-state index contributed by atoms with van der Waals surface area (Å²) in [5, 5.41) is 14.8. The topological polar surface area (TPSA) is 125 Å². The molecule has 0 aliphatic heterocycles. The highest BCUT2D eigenvalue weighted by Crippen LogP contribution is 2.34. The van der Waals surface area contributed by atoms with Gasteiger partial charge in [-0.1, -0.05) is 30.2 Å². The first-order valence-corrected chi connectivity index (χ1v) is 12.1. The minimum Gasteiger partial charge on any atom is -0.508 e. The molecule has 0 spiro atoms. The van der Waals surface area contributed by atoms with Gasteiger partial charge in [0.25, 0.3) is 5.56 Å². The fourth-order valence-electron chi connectivity index (χ4n) is 4.72. The average molecular weight is 554 g/mol. The third kappa shape index (κ3) is 4.29. The monoisotopic (exact) mass is 553 g/mol. The van der Waals surface area contributed by atoms with E-state index in [9.17, 15) is 23.1 Å². The van der Waals surface area contributed by atoms with Crippen molar-refractivity contribution in [1.82, 2.24) is 29.3 Å². The van der Waals surface area contributed by atoms with Crippen LogP contribution < -0.4 is 11.3 Å². The second kappa shape index (κ2) is 9.49. The lowest BCUT2D eigenvalue weighted by atomic mass is 10.1. The predicted octanol–water partition coefficient (Wildman–Crippen LogP) is 4.53. The first kappa shape index (κ1) is 25.6. The van der Waals surface area contributed by atoms with Crippen molar-refractivity contribution in [2.45, 2.75) is 12.7 Å². The Balaban J connectivity index is 1.70. The molecule has 0 fully saturated rings. The number of rotatable bonds is 4. The number of terminal acetylenes is 1. The first-order chi connectivity index (χ1) is 19.7. The molecule has 202 valence electrons. The van der Waals surface area contributed by atoms with E-state index in [0.717, 1.165) is 10.6 Å². The summed E-state index contributed by atoms with van der Waals surface area (Å²) >= 11 is 0. The SMILES string of the molecule is C#Cc1cccc2nc(-n3nc(-c4ccc(O)cc4)c4c(N)ncnc43)n(Cc3ccccc3C(F)(F)F)c(=O)c12. The molecular formula is C29H18F3N7O2. The van der Waals surface area contributed by atoms with Crippen molar-refractivity contribution in [3.05, 3.63) is 100 Å². The van der Waals surface area contributed by atoms with E-state index in [1.165, 1.54) is 41.3 Å². The Bertz CT molecular complexity index is 2070. The summed E-state index contributed by atoms with van der Waals surface area (Å²) in [6.45, 7) is -0.498. The zero-order valence-corrected chi connectivity index (χ0v) is 21.0. The molecule has 0 aliphatic rings. The normalized spacial score (nSPS) is 11.7. The number of alkyl halides is 3. The van der Waals surface area contributed by atoms with Gasteiger partial charge < -0.3 is 10.8 Å². The maximum atomic E-state index is 14.0. The van der Waals surface area contributed by atoms with Crippen molar-refractivity contribution >= 4 is 27.8 Å². The zero-order valence-electron chi connectivity index (χ0n) is 21.0. The molecule has 0 aliphatic carbocycles. The maximum Gasteiger partial charge on any atom is 0.416 e. The molecule has 0 saturated carbocycles. The second-order valence-corrected chi connectivity index (χ2v) is 9.07. The molecule has 3 aromatic carbocycles. The zero-order chi connectivity index (χ0) is 28.9. The molecule has 0 unspecified atom stereocenters.